The van der Waals surface area contributed by atoms with Crippen LogP contribution in [0, 0.1) is 6.92 Å². The third-order valence-corrected chi connectivity index (χ3v) is 4.92. The minimum Gasteiger partial charge on any atom is -0.497 e. The van der Waals surface area contributed by atoms with Crippen molar-refractivity contribution in [2.45, 2.75) is 26.3 Å². The average molecular weight is 527 g/mol. The summed E-state index contributed by atoms with van der Waals surface area (Å²) in [7, 11) is 7.04. The summed E-state index contributed by atoms with van der Waals surface area (Å²) < 4.78 is 12.8. The van der Waals surface area contributed by atoms with Gasteiger partial charge in [-0.3, -0.25) is 4.99 Å². The van der Waals surface area contributed by atoms with E-state index < -0.39 is 0 Å². The molecule has 3 aromatic rings. The van der Waals surface area contributed by atoms with Crippen LogP contribution in [0.3, 0.4) is 0 Å². The molecule has 0 radical (unpaired) electrons. The summed E-state index contributed by atoms with van der Waals surface area (Å²) in [5.74, 6) is 4.08. The van der Waals surface area contributed by atoms with Gasteiger partial charge >= 0.3 is 0 Å². The second-order valence-electron chi connectivity index (χ2n) is 6.76. The van der Waals surface area contributed by atoms with E-state index in [4.69, 9.17) is 9.47 Å². The molecule has 0 bridgehead atoms. The second-order valence-corrected chi connectivity index (χ2v) is 6.76. The van der Waals surface area contributed by atoms with Crippen LogP contribution in [0.2, 0.25) is 0 Å². The summed E-state index contributed by atoms with van der Waals surface area (Å²) in [5.41, 5.74) is 2.17. The Bertz CT molecular complexity index is 997. The van der Waals surface area contributed by atoms with E-state index in [2.05, 4.69) is 36.9 Å². The number of nitrogens with zero attached hydrogens (tertiary/aromatic N) is 4. The van der Waals surface area contributed by atoms with Crippen LogP contribution in [0.15, 0.2) is 23.2 Å². The molecule has 30 heavy (non-hydrogen) atoms. The molecule has 0 atom stereocenters. The molecule has 0 aliphatic heterocycles. The first-order valence-electron chi connectivity index (χ1n) is 9.58. The summed E-state index contributed by atoms with van der Waals surface area (Å²) in [6.45, 7) is 3.30. The first-order chi connectivity index (χ1) is 14.0. The number of hydrogen-bond acceptors (Lipinski definition) is 5. The molecule has 0 fully saturated rings. The number of halogens is 1. The molecule has 164 valence electrons. The van der Waals surface area contributed by atoms with Gasteiger partial charge in [0, 0.05) is 43.9 Å². The van der Waals surface area contributed by atoms with Crippen molar-refractivity contribution in [3.63, 3.8) is 0 Å². The zero-order valence-electron chi connectivity index (χ0n) is 18.1. The molecule has 0 saturated carbocycles. The van der Waals surface area contributed by atoms with Gasteiger partial charge in [-0.05, 0) is 25.8 Å². The Labute approximate surface area is 193 Å². The number of benzene rings is 1. The molecule has 0 saturated heterocycles. The van der Waals surface area contributed by atoms with E-state index in [0.717, 1.165) is 65.1 Å². The summed E-state index contributed by atoms with van der Waals surface area (Å²) >= 11 is 0. The highest BCUT2D eigenvalue weighted by molar-refractivity contribution is 14.0. The van der Waals surface area contributed by atoms with Crippen molar-refractivity contribution in [1.29, 1.82) is 0 Å². The Morgan fingerprint density at radius 1 is 1.17 bits per heavy atom. The van der Waals surface area contributed by atoms with Crippen LogP contribution in [-0.2, 0) is 20.0 Å². The Kier molecular flexibility index (Phi) is 8.75. The number of guanidine groups is 1. The van der Waals surface area contributed by atoms with E-state index in [1.54, 1.807) is 21.3 Å². The van der Waals surface area contributed by atoms with Crippen molar-refractivity contribution in [3.8, 4) is 11.5 Å². The van der Waals surface area contributed by atoms with E-state index in [1.807, 2.05) is 30.7 Å². The molecule has 2 heterocycles. The number of aromatic nitrogens is 4. The molecule has 3 rings (SSSR count). The molecule has 2 aromatic heterocycles. The van der Waals surface area contributed by atoms with Gasteiger partial charge in [0.05, 0.1) is 26.3 Å². The molecule has 3 N–H and O–H groups in total. The molecule has 0 amide bonds. The summed E-state index contributed by atoms with van der Waals surface area (Å²) in [5, 5.41) is 15.9. The molecule has 0 spiro atoms. The zero-order valence-corrected chi connectivity index (χ0v) is 20.4. The average Bonchev–Trinajstić information content (AvgIpc) is 3.29. The fourth-order valence-electron chi connectivity index (χ4n) is 3.13. The zero-order chi connectivity index (χ0) is 20.8. The summed E-state index contributed by atoms with van der Waals surface area (Å²) in [6.07, 6.45) is 1.86. The van der Waals surface area contributed by atoms with E-state index >= 15 is 0 Å². The molecule has 10 heteroatoms. The van der Waals surface area contributed by atoms with Gasteiger partial charge in [0.1, 0.15) is 17.3 Å². The lowest BCUT2D eigenvalue weighted by Crippen LogP contribution is -2.38. The van der Waals surface area contributed by atoms with Crippen molar-refractivity contribution >= 4 is 40.8 Å². The Hall–Kier alpha value is -2.50. The molecule has 0 aliphatic carbocycles. The first kappa shape index (κ1) is 23.8. The Morgan fingerprint density at radius 2 is 1.97 bits per heavy atom. The normalized spacial score (nSPS) is 11.3. The van der Waals surface area contributed by atoms with E-state index in [0.29, 0.717) is 6.54 Å². The van der Waals surface area contributed by atoms with Gasteiger partial charge in [-0.1, -0.05) is 0 Å². The monoisotopic (exact) mass is 527 g/mol. The van der Waals surface area contributed by atoms with Crippen molar-refractivity contribution in [2.75, 3.05) is 27.8 Å². The predicted molar refractivity (Wildman–Crippen MR) is 129 cm³/mol. The predicted octanol–water partition coefficient (Wildman–Crippen LogP) is 2.54. The fourth-order valence-corrected chi connectivity index (χ4v) is 3.13. The van der Waals surface area contributed by atoms with Gasteiger partial charge in [0.25, 0.3) is 0 Å². The number of rotatable bonds is 8. The number of aryl methyl sites for hydroxylation is 2. The third kappa shape index (κ3) is 5.55. The van der Waals surface area contributed by atoms with Gasteiger partial charge < -0.3 is 29.7 Å². The van der Waals surface area contributed by atoms with Crippen molar-refractivity contribution < 1.29 is 9.47 Å². The maximum absolute atomic E-state index is 5.48. The number of ether oxygens (including phenoxy) is 2. The molecule has 0 aliphatic rings. The quantitative estimate of drug-likeness (QED) is 0.180. The number of H-pyrrole nitrogens is 1. The van der Waals surface area contributed by atoms with Gasteiger partial charge in [-0.2, -0.15) is 0 Å². The summed E-state index contributed by atoms with van der Waals surface area (Å²) in [6, 6.07) is 6.02. The van der Waals surface area contributed by atoms with E-state index in [-0.39, 0.29) is 24.0 Å². The maximum atomic E-state index is 5.48. The van der Waals surface area contributed by atoms with Gasteiger partial charge in [-0.15, -0.1) is 34.2 Å². The van der Waals surface area contributed by atoms with Crippen molar-refractivity contribution in [3.05, 3.63) is 35.5 Å². The van der Waals surface area contributed by atoms with Crippen LogP contribution in [0.1, 0.15) is 23.8 Å². The second kappa shape index (κ2) is 11.0. The minimum absolute atomic E-state index is 0. The van der Waals surface area contributed by atoms with E-state index in [9.17, 15) is 0 Å². The van der Waals surface area contributed by atoms with Gasteiger partial charge in [-0.25, -0.2) is 0 Å². The molecular weight excluding hydrogens is 497 g/mol. The number of hydrogen-bond donors (Lipinski definition) is 3. The number of aromatic amines is 1. The SMILES string of the molecule is CN=C(NCCCc1cc2c(OC)cc(OC)cc2[nH]1)NCc1nnc(C)n1C.I. The number of aliphatic imine (C=N–C) groups is 1. The van der Waals surface area contributed by atoms with E-state index in [1.165, 1.54) is 0 Å². The van der Waals surface area contributed by atoms with Gasteiger partial charge in [0.2, 0.25) is 0 Å². The van der Waals surface area contributed by atoms with Crippen molar-refractivity contribution in [2.24, 2.45) is 12.0 Å². The highest BCUT2D eigenvalue weighted by Crippen LogP contribution is 2.31. The highest BCUT2D eigenvalue weighted by Gasteiger charge is 2.09. The van der Waals surface area contributed by atoms with Crippen LogP contribution in [0.25, 0.3) is 10.9 Å². The first-order valence-corrected chi connectivity index (χ1v) is 9.58. The highest BCUT2D eigenvalue weighted by atomic mass is 127. The summed E-state index contributed by atoms with van der Waals surface area (Å²) in [4.78, 5) is 7.71. The molecule has 9 nitrogen and oxygen atoms in total. The Morgan fingerprint density at radius 3 is 2.60 bits per heavy atom. The van der Waals surface area contributed by atoms with Gasteiger partial charge in [0.15, 0.2) is 11.8 Å². The third-order valence-electron chi connectivity index (χ3n) is 4.92. The largest absolute Gasteiger partial charge is 0.497 e. The molecular formula is C20H30IN7O2. The molecule has 1 aromatic carbocycles. The van der Waals surface area contributed by atoms with Crippen LogP contribution in [0.4, 0.5) is 0 Å². The van der Waals surface area contributed by atoms with Crippen LogP contribution < -0.4 is 20.1 Å². The van der Waals surface area contributed by atoms with Crippen LogP contribution >= 0.6 is 24.0 Å². The number of methoxy groups -OCH3 is 2. The lowest BCUT2D eigenvalue weighted by Gasteiger charge is -2.11. The maximum Gasteiger partial charge on any atom is 0.191 e. The smallest absolute Gasteiger partial charge is 0.191 e. The standard InChI is InChI=1S/C20H29N7O2.HI/c1-13-25-26-19(27(13)3)12-23-20(21-2)22-8-6-7-14-9-16-17(24-14)10-15(28-4)11-18(16)29-5;/h9-11,24H,6-8,12H2,1-5H3,(H2,21,22,23);1H. The lowest BCUT2D eigenvalue weighted by atomic mass is 10.2. The lowest BCUT2D eigenvalue weighted by molar-refractivity contribution is 0.398. The number of fused-ring (bicyclic) bond motifs is 1. The Balaban J connectivity index is 0.00000320. The minimum atomic E-state index is 0. The molecule has 0 unspecified atom stereocenters. The van der Waals surface area contributed by atoms with Crippen molar-refractivity contribution in [1.82, 2.24) is 30.4 Å². The number of nitrogens with one attached hydrogen (secondary N) is 3. The topological polar surface area (TPSA) is 101 Å². The van der Waals surface area contributed by atoms with Crippen LogP contribution in [0.5, 0.6) is 11.5 Å². The van der Waals surface area contributed by atoms with Crippen LogP contribution in [-0.4, -0.2) is 53.5 Å². The fraction of sp³-hybridized carbons (Fsp3) is 0.450.